The molecule has 0 spiro atoms. The zero-order chi connectivity index (χ0) is 15.0. The molecule has 1 rings (SSSR count). The molecule has 4 heteroatoms. The van der Waals surface area contributed by atoms with Crippen LogP contribution in [-0.4, -0.2) is 41.6 Å². The van der Waals surface area contributed by atoms with Crippen LogP contribution in [0.25, 0.3) is 0 Å². The summed E-state index contributed by atoms with van der Waals surface area (Å²) in [6.07, 6.45) is 9.83. The maximum atomic E-state index is 9.24. The van der Waals surface area contributed by atoms with Crippen molar-refractivity contribution in [2.24, 2.45) is 11.1 Å². The molecule has 0 aromatic rings. The lowest BCUT2D eigenvalue weighted by Crippen LogP contribution is -2.39. The highest BCUT2D eigenvalue weighted by molar-refractivity contribution is 5.82. The van der Waals surface area contributed by atoms with Gasteiger partial charge in [0.05, 0.1) is 12.4 Å². The molecule has 20 heavy (non-hydrogen) atoms. The largest absolute Gasteiger partial charge is 0.395 e. The summed E-state index contributed by atoms with van der Waals surface area (Å²) in [5.74, 6) is 0.289. The van der Waals surface area contributed by atoms with Crippen LogP contribution in [0.1, 0.15) is 65.2 Å². The number of aliphatic hydroxyl groups excluding tert-OH is 1. The van der Waals surface area contributed by atoms with Crippen molar-refractivity contribution in [3.8, 4) is 0 Å². The van der Waals surface area contributed by atoms with E-state index in [1.54, 1.807) is 0 Å². The molecule has 0 aromatic heterocycles. The Morgan fingerprint density at radius 1 is 1.20 bits per heavy atom. The fourth-order valence-electron chi connectivity index (χ4n) is 3.07. The van der Waals surface area contributed by atoms with Crippen LogP contribution < -0.4 is 5.73 Å². The number of hydrogen-bond acceptors (Lipinski definition) is 3. The van der Waals surface area contributed by atoms with Gasteiger partial charge in [-0.2, -0.15) is 0 Å². The van der Waals surface area contributed by atoms with Crippen molar-refractivity contribution in [1.29, 1.82) is 5.41 Å². The number of rotatable bonds is 9. The molecule has 118 valence electrons. The van der Waals surface area contributed by atoms with E-state index in [0.717, 1.165) is 32.4 Å². The van der Waals surface area contributed by atoms with E-state index >= 15 is 0 Å². The molecular formula is C16H33N3O. The molecule has 0 amide bonds. The van der Waals surface area contributed by atoms with Crippen LogP contribution >= 0.6 is 0 Å². The van der Waals surface area contributed by atoms with Crippen LogP contribution in [0.15, 0.2) is 0 Å². The Morgan fingerprint density at radius 3 is 2.40 bits per heavy atom. The molecule has 0 aromatic carbocycles. The number of hydrogen-bond donors (Lipinski definition) is 3. The Hall–Kier alpha value is -0.610. The average molecular weight is 283 g/mol. The fourth-order valence-corrected chi connectivity index (χ4v) is 3.07. The molecule has 0 radical (unpaired) electrons. The van der Waals surface area contributed by atoms with E-state index in [9.17, 15) is 5.11 Å². The maximum absolute atomic E-state index is 9.24. The molecule has 0 atom stereocenters. The molecule has 1 aliphatic carbocycles. The summed E-state index contributed by atoms with van der Waals surface area (Å²) < 4.78 is 0. The van der Waals surface area contributed by atoms with Gasteiger partial charge >= 0.3 is 0 Å². The zero-order valence-corrected chi connectivity index (χ0v) is 13.3. The molecule has 1 aliphatic rings. The van der Waals surface area contributed by atoms with Gasteiger partial charge < -0.3 is 10.8 Å². The van der Waals surface area contributed by atoms with Crippen LogP contribution in [0.2, 0.25) is 0 Å². The van der Waals surface area contributed by atoms with Gasteiger partial charge in [-0.1, -0.05) is 39.5 Å². The van der Waals surface area contributed by atoms with Gasteiger partial charge in [0, 0.05) is 18.0 Å². The third-order valence-electron chi connectivity index (χ3n) is 4.70. The van der Waals surface area contributed by atoms with Gasteiger partial charge in [-0.05, 0) is 32.2 Å². The normalized spacial score (nSPS) is 17.6. The predicted octanol–water partition coefficient (Wildman–Crippen LogP) is 2.75. The highest BCUT2D eigenvalue weighted by Gasteiger charge is 2.22. The number of amidine groups is 1. The summed E-state index contributed by atoms with van der Waals surface area (Å²) >= 11 is 0. The molecular weight excluding hydrogens is 250 g/mol. The molecule has 0 saturated heterocycles. The Morgan fingerprint density at radius 2 is 1.85 bits per heavy atom. The Labute approximate surface area is 124 Å². The standard InChI is InChI=1S/C16H33N3O/c1-16(2,15(17)18)10-6-7-11-19(12-13-20)14-8-4-3-5-9-14/h14,20H,3-13H2,1-2H3,(H3,17,18). The Kier molecular flexibility index (Phi) is 7.52. The van der Waals surface area contributed by atoms with Crippen molar-refractivity contribution in [2.75, 3.05) is 19.7 Å². The van der Waals surface area contributed by atoms with Crippen molar-refractivity contribution in [2.45, 2.75) is 71.3 Å². The molecule has 4 N–H and O–H groups in total. The maximum Gasteiger partial charge on any atom is 0.0963 e. The smallest absolute Gasteiger partial charge is 0.0963 e. The SMILES string of the molecule is CC(C)(CCCCN(CCO)C1CCCCC1)C(=N)N. The monoisotopic (exact) mass is 283 g/mol. The minimum atomic E-state index is -0.174. The topological polar surface area (TPSA) is 73.3 Å². The van der Waals surface area contributed by atoms with Gasteiger partial charge in [0.1, 0.15) is 0 Å². The molecule has 0 aliphatic heterocycles. The predicted molar refractivity (Wildman–Crippen MR) is 85.1 cm³/mol. The van der Waals surface area contributed by atoms with Gasteiger partial charge in [-0.3, -0.25) is 10.3 Å². The molecule has 1 fully saturated rings. The Balaban J connectivity index is 2.30. The molecule has 0 bridgehead atoms. The number of unbranched alkanes of at least 4 members (excludes halogenated alkanes) is 1. The van der Waals surface area contributed by atoms with Crippen LogP contribution in [-0.2, 0) is 0 Å². The third kappa shape index (κ3) is 5.80. The number of nitrogens with zero attached hydrogens (tertiary/aromatic N) is 1. The van der Waals surface area contributed by atoms with Crippen molar-refractivity contribution in [1.82, 2.24) is 4.90 Å². The highest BCUT2D eigenvalue weighted by atomic mass is 16.3. The van der Waals surface area contributed by atoms with Gasteiger partial charge in [-0.25, -0.2) is 0 Å². The van der Waals surface area contributed by atoms with E-state index in [0.29, 0.717) is 6.04 Å². The third-order valence-corrected chi connectivity index (χ3v) is 4.70. The zero-order valence-electron chi connectivity index (χ0n) is 13.3. The lowest BCUT2D eigenvalue weighted by molar-refractivity contribution is 0.121. The lowest BCUT2D eigenvalue weighted by atomic mass is 9.86. The first-order valence-electron chi connectivity index (χ1n) is 8.17. The summed E-state index contributed by atoms with van der Waals surface area (Å²) in [5, 5.41) is 16.8. The van der Waals surface area contributed by atoms with Crippen molar-refractivity contribution >= 4 is 5.84 Å². The van der Waals surface area contributed by atoms with Gasteiger partial charge in [-0.15, -0.1) is 0 Å². The average Bonchev–Trinajstić information content (AvgIpc) is 2.43. The van der Waals surface area contributed by atoms with E-state index in [4.69, 9.17) is 11.1 Å². The van der Waals surface area contributed by atoms with Crippen molar-refractivity contribution < 1.29 is 5.11 Å². The van der Waals surface area contributed by atoms with Gasteiger partial charge in [0.15, 0.2) is 0 Å². The second-order valence-corrected chi connectivity index (χ2v) is 6.81. The van der Waals surface area contributed by atoms with Crippen molar-refractivity contribution in [3.05, 3.63) is 0 Å². The van der Waals surface area contributed by atoms with Crippen molar-refractivity contribution in [3.63, 3.8) is 0 Å². The van der Waals surface area contributed by atoms with Crippen LogP contribution in [0, 0.1) is 10.8 Å². The van der Waals surface area contributed by atoms with Crippen LogP contribution in [0.4, 0.5) is 0 Å². The van der Waals surface area contributed by atoms with Crippen LogP contribution in [0.5, 0.6) is 0 Å². The number of nitrogens with two attached hydrogens (primary N) is 1. The molecule has 0 unspecified atom stereocenters. The number of aliphatic hydroxyl groups is 1. The van der Waals surface area contributed by atoms with Gasteiger partial charge in [0.2, 0.25) is 0 Å². The Bertz CT molecular complexity index is 285. The molecule has 1 saturated carbocycles. The minimum Gasteiger partial charge on any atom is -0.395 e. The first kappa shape index (κ1) is 17.4. The second kappa shape index (κ2) is 8.63. The summed E-state index contributed by atoms with van der Waals surface area (Å²) in [4.78, 5) is 2.47. The van der Waals surface area contributed by atoms with E-state index in [1.165, 1.54) is 32.1 Å². The highest BCUT2D eigenvalue weighted by Crippen LogP contribution is 2.25. The molecule has 4 nitrogen and oxygen atoms in total. The first-order valence-corrected chi connectivity index (χ1v) is 8.17. The summed E-state index contributed by atoms with van der Waals surface area (Å²) in [7, 11) is 0. The quantitative estimate of drug-likeness (QED) is 0.346. The van der Waals surface area contributed by atoms with E-state index in [2.05, 4.69) is 4.90 Å². The van der Waals surface area contributed by atoms with E-state index in [-0.39, 0.29) is 17.9 Å². The lowest BCUT2D eigenvalue weighted by Gasteiger charge is -2.34. The summed E-state index contributed by atoms with van der Waals surface area (Å²) in [6, 6.07) is 0.678. The second-order valence-electron chi connectivity index (χ2n) is 6.81. The van der Waals surface area contributed by atoms with Gasteiger partial charge in [0.25, 0.3) is 0 Å². The summed E-state index contributed by atoms with van der Waals surface area (Å²) in [6.45, 7) is 6.22. The summed E-state index contributed by atoms with van der Waals surface area (Å²) in [5.41, 5.74) is 5.44. The first-order chi connectivity index (χ1) is 9.47. The van der Waals surface area contributed by atoms with E-state index < -0.39 is 0 Å². The van der Waals surface area contributed by atoms with E-state index in [1.807, 2.05) is 13.8 Å². The molecule has 0 heterocycles. The minimum absolute atomic E-state index is 0.174. The fraction of sp³-hybridized carbons (Fsp3) is 0.938. The van der Waals surface area contributed by atoms with Crippen LogP contribution in [0.3, 0.4) is 0 Å². The number of nitrogens with one attached hydrogen (secondary N) is 1.